The van der Waals surface area contributed by atoms with Gasteiger partial charge >= 0.3 is 0 Å². The van der Waals surface area contributed by atoms with Crippen LogP contribution in [0.1, 0.15) is 43.9 Å². The van der Waals surface area contributed by atoms with Crippen LogP contribution in [0, 0.1) is 0 Å². The van der Waals surface area contributed by atoms with Crippen molar-refractivity contribution >= 4 is 50.8 Å². The van der Waals surface area contributed by atoms with Crippen molar-refractivity contribution in [2.24, 2.45) is 0 Å². The Balaban J connectivity index is 1.14. The average molecular weight is 705 g/mol. The van der Waals surface area contributed by atoms with E-state index in [4.69, 9.17) is 24.5 Å². The lowest BCUT2D eigenvalue weighted by atomic mass is 10.0. The normalized spacial score (nSPS) is 29.6. The second-order valence-corrected chi connectivity index (χ2v) is 17.7. The van der Waals surface area contributed by atoms with Crippen LogP contribution in [0.3, 0.4) is 0 Å². The Hall–Kier alpha value is -1.75. The molecule has 2 aliphatic heterocycles. The van der Waals surface area contributed by atoms with Gasteiger partial charge in [0.2, 0.25) is 0 Å². The molecule has 0 amide bonds. The highest BCUT2D eigenvalue weighted by Gasteiger charge is 2.54. The number of benzene rings is 1. The molecule has 3 aromatic rings. The number of aromatic nitrogens is 4. The molecule has 3 fully saturated rings. The van der Waals surface area contributed by atoms with Crippen molar-refractivity contribution in [2.45, 2.75) is 74.6 Å². The summed E-state index contributed by atoms with van der Waals surface area (Å²) in [7, 11) is -11.6. The summed E-state index contributed by atoms with van der Waals surface area (Å²) in [5.41, 5.74) is 7.46. The first-order valence-corrected chi connectivity index (χ1v) is 19.9. The van der Waals surface area contributed by atoms with Crippen molar-refractivity contribution in [3.63, 3.8) is 0 Å². The molecule has 5 unspecified atom stereocenters. The molecule has 0 radical (unpaired) electrons. The van der Waals surface area contributed by atoms with Crippen LogP contribution < -0.4 is 20.4 Å². The van der Waals surface area contributed by atoms with E-state index < -0.39 is 59.9 Å². The SMILES string of the molecule is Nc1ncnc2c1ncn2[C@@H]1O[C@H](COP(=O)([O-])OP(=O)([O-])OP(=O)([O-])SC2CCCCC2)C2OC(Cc3ccccc3)O[C@@H]21. The number of fused-ring (bicyclic) bond motifs is 2. The van der Waals surface area contributed by atoms with Gasteiger partial charge in [0.05, 0.1) is 12.9 Å². The molecule has 1 aliphatic carbocycles. The second-order valence-electron chi connectivity index (χ2n) is 10.6. The van der Waals surface area contributed by atoms with Gasteiger partial charge < -0.3 is 39.1 Å². The van der Waals surface area contributed by atoms with Crippen molar-refractivity contribution in [1.29, 1.82) is 0 Å². The smallest absolute Gasteiger partial charge is 0.279 e. The zero-order chi connectivity index (χ0) is 31.8. The molecule has 6 rings (SSSR count). The van der Waals surface area contributed by atoms with E-state index in [1.807, 2.05) is 30.3 Å². The molecular weight excluding hydrogens is 675 g/mol. The molecule has 8 atom stereocenters. The first-order chi connectivity index (χ1) is 21.4. The van der Waals surface area contributed by atoms with Crippen molar-refractivity contribution in [2.75, 3.05) is 12.3 Å². The monoisotopic (exact) mass is 704 g/mol. The minimum absolute atomic E-state index is 0.132. The molecular formula is C24H29N5O12P3S-3. The van der Waals surface area contributed by atoms with Gasteiger partial charge in [0, 0.05) is 11.7 Å². The Bertz CT molecular complexity index is 1650. The van der Waals surface area contributed by atoms with Gasteiger partial charge in [-0.25, -0.2) is 19.3 Å². The van der Waals surface area contributed by atoms with E-state index in [1.54, 1.807) is 0 Å². The molecule has 1 saturated carbocycles. The van der Waals surface area contributed by atoms with E-state index in [0.717, 1.165) is 24.8 Å². The van der Waals surface area contributed by atoms with E-state index in [0.29, 0.717) is 41.8 Å². The van der Waals surface area contributed by atoms with Crippen molar-refractivity contribution in [1.82, 2.24) is 19.5 Å². The quantitative estimate of drug-likeness (QED) is 0.265. The van der Waals surface area contributed by atoms with E-state index in [9.17, 15) is 28.4 Å². The van der Waals surface area contributed by atoms with Gasteiger partial charge in [-0.1, -0.05) is 61.0 Å². The Morgan fingerprint density at radius 1 is 0.933 bits per heavy atom. The Kier molecular flexibility index (Phi) is 9.87. The summed E-state index contributed by atoms with van der Waals surface area (Å²) in [6.07, 6.45) is 2.18. The van der Waals surface area contributed by atoms with E-state index in [1.165, 1.54) is 17.2 Å². The van der Waals surface area contributed by atoms with Crippen LogP contribution in [0.25, 0.3) is 11.2 Å². The van der Waals surface area contributed by atoms with Crippen LogP contribution in [0.15, 0.2) is 43.0 Å². The Morgan fingerprint density at radius 3 is 2.42 bits per heavy atom. The van der Waals surface area contributed by atoms with Crippen LogP contribution >= 0.6 is 33.8 Å². The largest absolute Gasteiger partial charge is 0.770 e. The lowest BCUT2D eigenvalue weighted by Gasteiger charge is -2.36. The zero-order valence-electron chi connectivity index (χ0n) is 23.5. The van der Waals surface area contributed by atoms with E-state index in [-0.39, 0.29) is 11.1 Å². The molecule has 2 aromatic heterocycles. The summed E-state index contributed by atoms with van der Waals surface area (Å²) in [6, 6.07) is 9.37. The fourth-order valence-electron chi connectivity index (χ4n) is 5.54. The van der Waals surface area contributed by atoms with Gasteiger partial charge in [0.15, 0.2) is 30.8 Å². The van der Waals surface area contributed by atoms with Gasteiger partial charge in [-0.2, -0.15) is 0 Å². The number of imidazole rings is 1. The molecule has 0 bridgehead atoms. The number of nitrogens with two attached hydrogens (primary N) is 1. The maximum atomic E-state index is 12.6. The predicted molar refractivity (Wildman–Crippen MR) is 153 cm³/mol. The second kappa shape index (κ2) is 13.4. The maximum absolute atomic E-state index is 12.6. The van der Waals surface area contributed by atoms with Crippen LogP contribution in [0.4, 0.5) is 5.82 Å². The Morgan fingerprint density at radius 2 is 1.67 bits per heavy atom. The van der Waals surface area contributed by atoms with E-state index >= 15 is 0 Å². The molecule has 3 aliphatic rings. The standard InChI is InChI=1S/C24H32N5O12P3S/c25-22-19-23(27-13-26-22)29(14-28-19)24-21-20(38-18(39-21)11-15-7-3-1-4-8-15)17(37-24)12-36-42(30,31)40-43(32,33)41-44(34,35)45-16-9-5-2-6-10-16/h1,3-4,7-8,13-14,16-18,20-21,24H,2,5-6,9-12H2,(H,30,31)(H,32,33)(H,34,35)(H2,25,26,27)/p-3/t17-,18?,20?,21+,24-/m1/s1. The zero-order valence-corrected chi connectivity index (χ0v) is 27.0. The molecule has 2 N–H and O–H groups in total. The van der Waals surface area contributed by atoms with Crippen LogP contribution in [-0.4, -0.2) is 56.0 Å². The molecule has 2 saturated heterocycles. The number of rotatable bonds is 12. The Labute approximate surface area is 261 Å². The molecule has 21 heteroatoms. The first kappa shape index (κ1) is 33.2. The van der Waals surface area contributed by atoms with Crippen molar-refractivity contribution in [3.05, 3.63) is 48.5 Å². The number of phosphoric ester groups is 1. The summed E-state index contributed by atoms with van der Waals surface area (Å²) in [6.45, 7) is -5.83. The third-order valence-electron chi connectivity index (χ3n) is 7.44. The van der Waals surface area contributed by atoms with E-state index in [2.05, 4.69) is 23.6 Å². The van der Waals surface area contributed by atoms with Gasteiger partial charge in [-0.3, -0.25) is 22.6 Å². The number of nitrogens with zero attached hydrogens (tertiary/aromatic N) is 4. The van der Waals surface area contributed by atoms with Crippen LogP contribution in [0.5, 0.6) is 0 Å². The number of phosphoric acid groups is 2. The molecule has 0 spiro atoms. The maximum Gasteiger partial charge on any atom is 0.279 e. The molecule has 45 heavy (non-hydrogen) atoms. The molecule has 246 valence electrons. The number of anilines is 1. The fraction of sp³-hybridized carbons (Fsp3) is 0.542. The first-order valence-electron chi connectivity index (χ1n) is 14.0. The minimum Gasteiger partial charge on any atom is -0.770 e. The molecule has 1 aromatic carbocycles. The topological polar surface area (TPSA) is 245 Å². The minimum atomic E-state index is -5.90. The average Bonchev–Trinajstić information content (AvgIpc) is 3.66. The third-order valence-corrected chi connectivity index (χ3v) is 14.4. The highest BCUT2D eigenvalue weighted by molar-refractivity contribution is 8.55. The predicted octanol–water partition coefficient (Wildman–Crippen LogP) is 2.18. The van der Waals surface area contributed by atoms with Gasteiger partial charge in [-0.05, 0) is 18.4 Å². The van der Waals surface area contributed by atoms with Crippen LogP contribution in [-0.2, 0) is 47.5 Å². The summed E-state index contributed by atoms with van der Waals surface area (Å²) in [5.74, 6) is 0.132. The lowest BCUT2D eigenvalue weighted by Crippen LogP contribution is -2.32. The highest BCUT2D eigenvalue weighted by Crippen LogP contribution is 2.68. The molecule has 17 nitrogen and oxygen atoms in total. The summed E-state index contributed by atoms with van der Waals surface area (Å²) in [4.78, 5) is 49.6. The van der Waals surface area contributed by atoms with Crippen LogP contribution in [0.2, 0.25) is 0 Å². The van der Waals surface area contributed by atoms with Gasteiger partial charge in [-0.15, -0.1) is 0 Å². The van der Waals surface area contributed by atoms with Crippen molar-refractivity contribution in [3.8, 4) is 0 Å². The third kappa shape index (κ3) is 8.04. The number of hydrogen-bond donors (Lipinski definition) is 1. The number of ether oxygens (including phenoxy) is 3. The fourth-order valence-corrected chi connectivity index (χ4v) is 12.3. The molecule has 4 heterocycles. The summed E-state index contributed by atoms with van der Waals surface area (Å²) < 4.78 is 70.2. The van der Waals surface area contributed by atoms with Gasteiger partial charge in [0.1, 0.15) is 30.2 Å². The number of nitrogen functional groups attached to an aromatic ring is 1. The summed E-state index contributed by atoms with van der Waals surface area (Å²) >= 11 is 0.339. The highest BCUT2D eigenvalue weighted by atomic mass is 32.7. The number of hydrogen-bond acceptors (Lipinski definition) is 17. The van der Waals surface area contributed by atoms with Crippen molar-refractivity contribution < 1.29 is 55.7 Å². The summed E-state index contributed by atoms with van der Waals surface area (Å²) in [5, 5.41) is -0.368. The van der Waals surface area contributed by atoms with Gasteiger partial charge in [0.25, 0.3) is 15.6 Å². The lowest BCUT2D eigenvalue weighted by molar-refractivity contribution is -0.245.